The third-order valence-electron chi connectivity index (χ3n) is 4.47. The molecule has 118 valence electrons. The maximum Gasteiger partial charge on any atom is 0.142 e. The number of ether oxygens (including phenoxy) is 1. The number of likely N-dealkylation sites (tertiary alicyclic amines) is 1. The van der Waals surface area contributed by atoms with Gasteiger partial charge in [-0.15, -0.1) is 0 Å². The Kier molecular flexibility index (Phi) is 4.86. The Bertz CT molecular complexity index is 510. The van der Waals surface area contributed by atoms with Crippen molar-refractivity contribution in [2.24, 2.45) is 11.7 Å². The van der Waals surface area contributed by atoms with E-state index in [1.807, 2.05) is 6.07 Å². The van der Waals surface area contributed by atoms with Crippen molar-refractivity contribution in [3.63, 3.8) is 0 Å². The molecule has 0 bridgehead atoms. The molecule has 0 aliphatic carbocycles. The molecular weight excluding hydrogens is 284 g/mol. The highest BCUT2D eigenvalue weighted by Gasteiger charge is 2.33. The Morgan fingerprint density at radius 3 is 2.52 bits per heavy atom. The van der Waals surface area contributed by atoms with Gasteiger partial charge < -0.3 is 10.5 Å². The molecule has 2 atom stereocenters. The number of methoxy groups -OCH3 is 1. The van der Waals surface area contributed by atoms with Crippen LogP contribution in [0, 0.1) is 5.92 Å². The van der Waals surface area contributed by atoms with Crippen LogP contribution in [0.5, 0.6) is 5.75 Å². The summed E-state index contributed by atoms with van der Waals surface area (Å²) in [5.41, 5.74) is 8.35. The molecule has 1 fully saturated rings. The minimum Gasteiger partial charge on any atom is -0.495 e. The Morgan fingerprint density at radius 2 is 2.05 bits per heavy atom. The summed E-state index contributed by atoms with van der Waals surface area (Å²) in [6.45, 7) is 8.37. The SMILES string of the molecule is COc1c(Cl)cc(C(C)(C)C)cc1C1CC(CN)CN1C. The second kappa shape index (κ2) is 6.15. The second-order valence-electron chi connectivity index (χ2n) is 7.12. The highest BCUT2D eigenvalue weighted by Crippen LogP contribution is 2.43. The van der Waals surface area contributed by atoms with Gasteiger partial charge in [0.2, 0.25) is 0 Å². The first-order chi connectivity index (χ1) is 9.77. The zero-order valence-corrected chi connectivity index (χ0v) is 14.5. The predicted molar refractivity (Wildman–Crippen MR) is 89.2 cm³/mol. The second-order valence-corrected chi connectivity index (χ2v) is 7.53. The van der Waals surface area contributed by atoms with Crippen molar-refractivity contribution in [1.29, 1.82) is 0 Å². The molecule has 3 nitrogen and oxygen atoms in total. The first-order valence-electron chi connectivity index (χ1n) is 7.56. The number of hydrogen-bond donors (Lipinski definition) is 1. The lowest BCUT2D eigenvalue weighted by Gasteiger charge is -2.26. The molecule has 1 aromatic carbocycles. The fourth-order valence-corrected chi connectivity index (χ4v) is 3.45. The molecule has 21 heavy (non-hydrogen) atoms. The van der Waals surface area contributed by atoms with E-state index in [1.165, 1.54) is 11.1 Å². The fourth-order valence-electron chi connectivity index (χ4n) is 3.15. The number of hydrogen-bond acceptors (Lipinski definition) is 3. The van der Waals surface area contributed by atoms with Crippen molar-refractivity contribution in [3.8, 4) is 5.75 Å². The average molecular weight is 311 g/mol. The Morgan fingerprint density at radius 1 is 1.38 bits per heavy atom. The van der Waals surface area contributed by atoms with E-state index in [1.54, 1.807) is 7.11 Å². The number of benzene rings is 1. The normalized spacial score (nSPS) is 23.6. The van der Waals surface area contributed by atoms with Gasteiger partial charge in [-0.1, -0.05) is 32.4 Å². The third-order valence-corrected chi connectivity index (χ3v) is 4.75. The molecule has 0 radical (unpaired) electrons. The van der Waals surface area contributed by atoms with Gasteiger partial charge in [0.25, 0.3) is 0 Å². The Hall–Kier alpha value is -0.770. The summed E-state index contributed by atoms with van der Waals surface area (Å²) in [6, 6.07) is 4.61. The van der Waals surface area contributed by atoms with Gasteiger partial charge >= 0.3 is 0 Å². The molecule has 0 aromatic heterocycles. The molecule has 1 saturated heterocycles. The summed E-state index contributed by atoms with van der Waals surface area (Å²) in [7, 11) is 3.84. The fraction of sp³-hybridized carbons (Fsp3) is 0.647. The van der Waals surface area contributed by atoms with Crippen molar-refractivity contribution in [2.75, 3.05) is 27.2 Å². The van der Waals surface area contributed by atoms with Crippen molar-refractivity contribution in [1.82, 2.24) is 4.90 Å². The van der Waals surface area contributed by atoms with E-state index in [0.29, 0.717) is 17.0 Å². The summed E-state index contributed by atoms with van der Waals surface area (Å²) in [4.78, 5) is 2.36. The summed E-state index contributed by atoms with van der Waals surface area (Å²) >= 11 is 6.47. The van der Waals surface area contributed by atoms with Gasteiger partial charge in [-0.25, -0.2) is 0 Å². The molecule has 2 rings (SSSR count). The van der Waals surface area contributed by atoms with Crippen LogP contribution in [-0.4, -0.2) is 32.1 Å². The predicted octanol–water partition coefficient (Wildman–Crippen LogP) is 3.60. The van der Waals surface area contributed by atoms with Crippen LogP contribution in [0.15, 0.2) is 12.1 Å². The topological polar surface area (TPSA) is 38.5 Å². The molecule has 1 aliphatic heterocycles. The van der Waals surface area contributed by atoms with Gasteiger partial charge in [0, 0.05) is 18.2 Å². The highest BCUT2D eigenvalue weighted by atomic mass is 35.5. The monoisotopic (exact) mass is 310 g/mol. The minimum absolute atomic E-state index is 0.0646. The minimum atomic E-state index is 0.0646. The zero-order chi connectivity index (χ0) is 15.8. The van der Waals surface area contributed by atoms with Crippen molar-refractivity contribution in [3.05, 3.63) is 28.3 Å². The molecule has 1 heterocycles. The van der Waals surface area contributed by atoms with Gasteiger partial charge in [-0.3, -0.25) is 4.90 Å². The summed E-state index contributed by atoms with van der Waals surface area (Å²) < 4.78 is 5.58. The standard InChI is InChI=1S/C17H27ClN2O/c1-17(2,3)12-7-13(16(21-5)14(18)8-12)15-6-11(9-19)10-20(15)4/h7-8,11,15H,6,9-10,19H2,1-5H3. The molecule has 2 N–H and O–H groups in total. The van der Waals surface area contributed by atoms with E-state index in [9.17, 15) is 0 Å². The summed E-state index contributed by atoms with van der Waals surface area (Å²) in [6.07, 6.45) is 1.06. The molecule has 1 aliphatic rings. The molecule has 0 saturated carbocycles. The quantitative estimate of drug-likeness (QED) is 0.927. The zero-order valence-electron chi connectivity index (χ0n) is 13.7. The number of rotatable bonds is 3. The molecule has 0 amide bonds. The molecule has 4 heteroatoms. The van der Waals surface area contributed by atoms with E-state index in [4.69, 9.17) is 22.1 Å². The van der Waals surface area contributed by atoms with Gasteiger partial charge in [0.1, 0.15) is 5.75 Å². The van der Waals surface area contributed by atoms with Crippen LogP contribution in [0.4, 0.5) is 0 Å². The molecule has 2 unspecified atom stereocenters. The van der Waals surface area contributed by atoms with E-state index >= 15 is 0 Å². The van der Waals surface area contributed by atoms with Crippen molar-refractivity contribution in [2.45, 2.75) is 38.6 Å². The number of nitrogens with two attached hydrogens (primary N) is 1. The van der Waals surface area contributed by atoms with Crippen LogP contribution < -0.4 is 10.5 Å². The number of halogens is 1. The summed E-state index contributed by atoms with van der Waals surface area (Å²) in [5, 5.41) is 0.699. The van der Waals surface area contributed by atoms with Gasteiger partial charge in [0.05, 0.1) is 12.1 Å². The number of nitrogens with zero attached hydrogens (tertiary/aromatic N) is 1. The van der Waals surface area contributed by atoms with Crippen LogP contribution in [0.3, 0.4) is 0 Å². The Balaban J connectivity index is 2.48. The third kappa shape index (κ3) is 3.36. The van der Waals surface area contributed by atoms with E-state index in [-0.39, 0.29) is 5.41 Å². The van der Waals surface area contributed by atoms with Crippen LogP contribution in [0.2, 0.25) is 5.02 Å². The lowest BCUT2D eigenvalue weighted by molar-refractivity contribution is 0.302. The molecule has 0 spiro atoms. The van der Waals surface area contributed by atoms with E-state index < -0.39 is 0 Å². The largest absolute Gasteiger partial charge is 0.495 e. The molecular formula is C17H27ClN2O. The van der Waals surface area contributed by atoms with Gasteiger partial charge in [-0.05, 0) is 49.0 Å². The smallest absolute Gasteiger partial charge is 0.142 e. The first-order valence-corrected chi connectivity index (χ1v) is 7.94. The van der Waals surface area contributed by atoms with E-state index in [0.717, 1.165) is 25.3 Å². The van der Waals surface area contributed by atoms with Gasteiger partial charge in [-0.2, -0.15) is 0 Å². The average Bonchev–Trinajstić information content (AvgIpc) is 2.78. The highest BCUT2D eigenvalue weighted by molar-refractivity contribution is 6.32. The van der Waals surface area contributed by atoms with Crippen molar-refractivity contribution >= 4 is 11.6 Å². The first kappa shape index (κ1) is 16.6. The van der Waals surface area contributed by atoms with E-state index in [2.05, 4.69) is 38.8 Å². The Labute approximate surface area is 133 Å². The van der Waals surface area contributed by atoms with Crippen molar-refractivity contribution < 1.29 is 4.74 Å². The van der Waals surface area contributed by atoms with Crippen LogP contribution >= 0.6 is 11.6 Å². The lowest BCUT2D eigenvalue weighted by Crippen LogP contribution is -2.21. The maximum absolute atomic E-state index is 6.47. The van der Waals surface area contributed by atoms with Crippen LogP contribution in [0.1, 0.15) is 44.4 Å². The summed E-state index contributed by atoms with van der Waals surface area (Å²) in [5.74, 6) is 1.35. The lowest BCUT2D eigenvalue weighted by atomic mass is 9.84. The van der Waals surface area contributed by atoms with Gasteiger partial charge in [0.15, 0.2) is 0 Å². The van der Waals surface area contributed by atoms with Crippen LogP contribution in [-0.2, 0) is 5.41 Å². The molecule has 1 aromatic rings. The maximum atomic E-state index is 6.47. The van der Waals surface area contributed by atoms with Crippen LogP contribution in [0.25, 0.3) is 0 Å².